The van der Waals surface area contributed by atoms with E-state index in [4.69, 9.17) is 0 Å². The van der Waals surface area contributed by atoms with Crippen molar-refractivity contribution in [3.8, 4) is 0 Å². The van der Waals surface area contributed by atoms with Crippen molar-refractivity contribution >= 4 is 5.91 Å². The largest absolute Gasteiger partial charge is 0.339 e. The Morgan fingerprint density at radius 2 is 1.86 bits per heavy atom. The average molecular weight is 288 g/mol. The van der Waals surface area contributed by atoms with Crippen LogP contribution in [0.5, 0.6) is 0 Å². The Hall–Kier alpha value is -1.35. The quantitative estimate of drug-likeness (QED) is 0.874. The zero-order valence-corrected chi connectivity index (χ0v) is 13.6. The lowest BCUT2D eigenvalue weighted by molar-refractivity contribution is -0.120. The molecule has 21 heavy (non-hydrogen) atoms. The first-order valence-electron chi connectivity index (χ1n) is 7.94. The Morgan fingerprint density at radius 1 is 1.19 bits per heavy atom. The summed E-state index contributed by atoms with van der Waals surface area (Å²) >= 11 is 0. The molecule has 0 radical (unpaired) electrons. The van der Waals surface area contributed by atoms with Gasteiger partial charge in [0, 0.05) is 0 Å². The van der Waals surface area contributed by atoms with Gasteiger partial charge in [0.15, 0.2) is 0 Å². The molecule has 0 aromatic heterocycles. The zero-order chi connectivity index (χ0) is 15.5. The van der Waals surface area contributed by atoms with Crippen molar-refractivity contribution in [2.75, 3.05) is 0 Å². The van der Waals surface area contributed by atoms with E-state index in [1.165, 1.54) is 12.0 Å². The van der Waals surface area contributed by atoms with Crippen molar-refractivity contribution in [1.29, 1.82) is 0 Å². The molecule has 1 aromatic rings. The number of benzene rings is 1. The minimum Gasteiger partial charge on any atom is -0.339 e. The van der Waals surface area contributed by atoms with E-state index in [0.717, 1.165) is 12.8 Å². The van der Waals surface area contributed by atoms with E-state index in [1.807, 2.05) is 18.2 Å². The molecule has 1 fully saturated rings. The van der Waals surface area contributed by atoms with E-state index in [-0.39, 0.29) is 18.1 Å². The highest BCUT2D eigenvalue weighted by atomic mass is 16.2. The molecule has 3 heteroatoms. The Kier molecular flexibility index (Phi) is 5.04. The molecule has 3 nitrogen and oxygen atoms in total. The summed E-state index contributed by atoms with van der Waals surface area (Å²) in [5.74, 6) is 0.727. The predicted octanol–water partition coefficient (Wildman–Crippen LogP) is 3.11. The second kappa shape index (κ2) is 6.61. The fraction of sp³-hybridized carbons (Fsp3) is 0.611. The normalized spacial score (nSPS) is 23.9. The number of hydrogen-bond acceptors (Lipinski definition) is 2. The van der Waals surface area contributed by atoms with Crippen LogP contribution in [0.3, 0.4) is 0 Å². The highest BCUT2D eigenvalue weighted by molar-refractivity contribution is 5.84. The second-order valence-corrected chi connectivity index (χ2v) is 7.58. The van der Waals surface area contributed by atoms with Gasteiger partial charge in [-0.1, -0.05) is 58.0 Å². The summed E-state index contributed by atoms with van der Waals surface area (Å²) in [6.07, 6.45) is 3.04. The van der Waals surface area contributed by atoms with Gasteiger partial charge in [0.2, 0.25) is 5.91 Å². The Labute approximate surface area is 128 Å². The minimum atomic E-state index is -0.0979. The fourth-order valence-electron chi connectivity index (χ4n) is 3.29. The Morgan fingerprint density at radius 3 is 2.48 bits per heavy atom. The van der Waals surface area contributed by atoms with Gasteiger partial charge in [0.1, 0.15) is 0 Å². The molecule has 3 atom stereocenters. The van der Waals surface area contributed by atoms with E-state index >= 15 is 0 Å². The third kappa shape index (κ3) is 5.16. The van der Waals surface area contributed by atoms with Crippen molar-refractivity contribution in [2.24, 2.45) is 11.3 Å². The fourth-order valence-corrected chi connectivity index (χ4v) is 3.29. The molecule has 1 aliphatic rings. The maximum atomic E-state index is 12.1. The molecule has 2 N–H and O–H groups in total. The lowest BCUT2D eigenvalue weighted by Gasteiger charge is -2.25. The highest BCUT2D eigenvalue weighted by Gasteiger charge is 2.32. The van der Waals surface area contributed by atoms with E-state index in [1.54, 1.807) is 0 Å². The Balaban J connectivity index is 1.85. The number of carbonyl (C=O) groups excluding carboxylic acids is 1. The summed E-state index contributed by atoms with van der Waals surface area (Å²) in [7, 11) is 0. The van der Waals surface area contributed by atoms with Crippen LogP contribution in [-0.2, 0) is 11.2 Å². The van der Waals surface area contributed by atoms with Crippen LogP contribution in [0.25, 0.3) is 0 Å². The van der Waals surface area contributed by atoms with Crippen molar-refractivity contribution in [3.05, 3.63) is 35.9 Å². The average Bonchev–Trinajstić information content (AvgIpc) is 2.68. The van der Waals surface area contributed by atoms with Crippen molar-refractivity contribution in [2.45, 2.75) is 59.2 Å². The molecule has 2 rings (SSSR count). The highest BCUT2D eigenvalue weighted by Crippen LogP contribution is 2.27. The molecule has 1 saturated heterocycles. The maximum absolute atomic E-state index is 12.1. The van der Waals surface area contributed by atoms with Crippen LogP contribution in [0.1, 0.15) is 46.1 Å². The van der Waals surface area contributed by atoms with Crippen LogP contribution in [0, 0.1) is 11.3 Å². The van der Waals surface area contributed by atoms with Crippen molar-refractivity contribution in [3.63, 3.8) is 0 Å². The van der Waals surface area contributed by atoms with Gasteiger partial charge in [-0.3, -0.25) is 10.1 Å². The van der Waals surface area contributed by atoms with Gasteiger partial charge in [0.25, 0.3) is 0 Å². The summed E-state index contributed by atoms with van der Waals surface area (Å²) in [4.78, 5) is 12.1. The first kappa shape index (κ1) is 16.0. The number of rotatable bonds is 5. The van der Waals surface area contributed by atoms with E-state index in [9.17, 15) is 4.79 Å². The van der Waals surface area contributed by atoms with Crippen molar-refractivity contribution in [1.82, 2.24) is 10.6 Å². The zero-order valence-electron chi connectivity index (χ0n) is 13.6. The lowest BCUT2D eigenvalue weighted by Crippen LogP contribution is -2.36. The third-order valence-corrected chi connectivity index (χ3v) is 3.92. The van der Waals surface area contributed by atoms with Crippen LogP contribution in [0.15, 0.2) is 30.3 Å². The summed E-state index contributed by atoms with van der Waals surface area (Å²) in [6, 6.07) is 10.1. The number of nitrogens with one attached hydrogen (secondary N) is 2. The summed E-state index contributed by atoms with van der Waals surface area (Å²) in [5, 5.41) is 6.54. The molecular formula is C18H28N2O. The van der Waals surface area contributed by atoms with Gasteiger partial charge in [-0.15, -0.1) is 0 Å². The molecular weight excluding hydrogens is 260 g/mol. The molecule has 1 aliphatic heterocycles. The van der Waals surface area contributed by atoms with Gasteiger partial charge < -0.3 is 5.32 Å². The maximum Gasteiger partial charge on any atom is 0.238 e. The predicted molar refractivity (Wildman–Crippen MR) is 86.9 cm³/mol. The molecule has 1 heterocycles. The van der Waals surface area contributed by atoms with E-state index < -0.39 is 0 Å². The monoisotopic (exact) mass is 288 g/mol. The van der Waals surface area contributed by atoms with E-state index in [2.05, 4.69) is 50.5 Å². The first-order valence-corrected chi connectivity index (χ1v) is 7.94. The standard InChI is InChI=1S/C18H28N2O/c1-13(12-18(2,3)4)10-16-19-15(17(21)20-16)11-14-8-6-5-7-9-14/h5-9,13,15-16,19H,10-12H2,1-4H3,(H,20,21)/t13?,15-,16?/m0/s1. The van der Waals surface area contributed by atoms with Crippen LogP contribution >= 0.6 is 0 Å². The molecule has 116 valence electrons. The van der Waals surface area contributed by atoms with Gasteiger partial charge in [-0.25, -0.2) is 0 Å². The van der Waals surface area contributed by atoms with Gasteiger partial charge >= 0.3 is 0 Å². The molecule has 2 unspecified atom stereocenters. The van der Waals surface area contributed by atoms with Crippen LogP contribution in [0.2, 0.25) is 0 Å². The Bertz CT molecular complexity index is 464. The second-order valence-electron chi connectivity index (χ2n) is 7.58. The lowest BCUT2D eigenvalue weighted by atomic mass is 9.84. The molecule has 0 bridgehead atoms. The van der Waals surface area contributed by atoms with Crippen LogP contribution in [-0.4, -0.2) is 18.1 Å². The topological polar surface area (TPSA) is 41.1 Å². The molecule has 0 spiro atoms. The molecule has 1 amide bonds. The SMILES string of the molecule is CC(CC1NC(=O)[C@H](Cc2ccccc2)N1)CC(C)(C)C. The van der Waals surface area contributed by atoms with Crippen LogP contribution < -0.4 is 10.6 Å². The minimum absolute atomic E-state index is 0.0979. The summed E-state index contributed by atoms with van der Waals surface area (Å²) in [6.45, 7) is 9.07. The number of carbonyl (C=O) groups is 1. The van der Waals surface area contributed by atoms with Crippen molar-refractivity contribution < 1.29 is 4.79 Å². The smallest absolute Gasteiger partial charge is 0.238 e. The third-order valence-electron chi connectivity index (χ3n) is 3.92. The number of hydrogen-bond donors (Lipinski definition) is 2. The summed E-state index contributed by atoms with van der Waals surface area (Å²) < 4.78 is 0. The first-order chi connectivity index (χ1) is 9.83. The van der Waals surface area contributed by atoms with Crippen LogP contribution in [0.4, 0.5) is 0 Å². The van der Waals surface area contributed by atoms with Gasteiger partial charge in [0.05, 0.1) is 12.2 Å². The molecule has 0 saturated carbocycles. The van der Waals surface area contributed by atoms with E-state index in [0.29, 0.717) is 11.3 Å². The van der Waals surface area contributed by atoms with Gasteiger partial charge in [-0.05, 0) is 36.2 Å². The molecule has 0 aliphatic carbocycles. The number of amides is 1. The molecule has 1 aromatic carbocycles. The van der Waals surface area contributed by atoms with Gasteiger partial charge in [-0.2, -0.15) is 0 Å². The summed E-state index contributed by atoms with van der Waals surface area (Å²) in [5.41, 5.74) is 1.54.